The lowest BCUT2D eigenvalue weighted by Crippen LogP contribution is -2.34. The van der Waals surface area contributed by atoms with Crippen LogP contribution in [0.3, 0.4) is 0 Å². The molecule has 0 aliphatic carbocycles. The van der Waals surface area contributed by atoms with Gasteiger partial charge in [0.1, 0.15) is 0 Å². The van der Waals surface area contributed by atoms with E-state index in [-0.39, 0.29) is 6.54 Å². The van der Waals surface area contributed by atoms with Crippen molar-refractivity contribution in [3.05, 3.63) is 16.1 Å². The fourth-order valence-electron chi connectivity index (χ4n) is 2.51. The molecule has 0 atom stereocenters. The minimum atomic E-state index is -0.734. The molecule has 0 amide bonds. The first kappa shape index (κ1) is 15.4. The lowest BCUT2D eigenvalue weighted by Gasteiger charge is -2.19. The zero-order valence-electron chi connectivity index (χ0n) is 12.0. The molecule has 0 unspecified atom stereocenters. The fraction of sp³-hybridized carbons (Fsp3) is 0.714. The molecule has 1 aromatic heterocycles. The molecule has 1 aliphatic heterocycles. The highest BCUT2D eigenvalue weighted by Crippen LogP contribution is 2.14. The molecule has 0 saturated carbocycles. The van der Waals surface area contributed by atoms with Crippen LogP contribution in [0, 0.1) is 0 Å². The third-order valence-electron chi connectivity index (χ3n) is 3.49. The molecule has 0 bridgehead atoms. The summed E-state index contributed by atoms with van der Waals surface area (Å²) in [6, 6.07) is 0. The van der Waals surface area contributed by atoms with Crippen LogP contribution in [0.25, 0.3) is 0 Å². The Morgan fingerprint density at radius 1 is 1.35 bits per heavy atom. The number of rotatable bonds is 6. The number of aliphatic carboxylic acids is 1. The van der Waals surface area contributed by atoms with Crippen LogP contribution >= 0.6 is 11.3 Å². The normalized spacial score (nSPS) is 18.1. The number of hydrogen-bond donors (Lipinski definition) is 1. The topological polar surface area (TPSA) is 56.7 Å². The monoisotopic (exact) mass is 297 g/mol. The number of carbonyl (C=O) groups is 1. The predicted octanol–water partition coefficient (Wildman–Crippen LogP) is 1.69. The van der Waals surface area contributed by atoms with E-state index in [0.717, 1.165) is 57.7 Å². The van der Waals surface area contributed by atoms with Crippen LogP contribution in [0.5, 0.6) is 0 Å². The van der Waals surface area contributed by atoms with Crippen molar-refractivity contribution in [2.24, 2.45) is 0 Å². The zero-order valence-corrected chi connectivity index (χ0v) is 12.9. The summed E-state index contributed by atoms with van der Waals surface area (Å²) in [5.41, 5.74) is 1.16. The Morgan fingerprint density at radius 3 is 2.85 bits per heavy atom. The standard InChI is InChI=1S/C14H23N3O2S/c1-2-4-13-15-12(11-20-13)9-16-5-3-6-17(8-7-16)10-14(18)19/h11H,2-10H2,1H3,(H,18,19). The van der Waals surface area contributed by atoms with Crippen molar-refractivity contribution in [3.8, 4) is 0 Å². The molecule has 0 aromatic carbocycles. The molecule has 6 heteroatoms. The second-order valence-corrected chi connectivity index (χ2v) is 6.22. The summed E-state index contributed by atoms with van der Waals surface area (Å²) in [7, 11) is 0. The van der Waals surface area contributed by atoms with Crippen LogP contribution in [0.15, 0.2) is 5.38 Å². The Balaban J connectivity index is 1.82. The summed E-state index contributed by atoms with van der Waals surface area (Å²) >= 11 is 1.75. The van der Waals surface area contributed by atoms with Crippen molar-refractivity contribution in [2.45, 2.75) is 32.7 Å². The number of aromatic nitrogens is 1. The Morgan fingerprint density at radius 2 is 2.10 bits per heavy atom. The van der Waals surface area contributed by atoms with Gasteiger partial charge in [0.15, 0.2) is 0 Å². The third kappa shape index (κ3) is 4.85. The van der Waals surface area contributed by atoms with E-state index in [1.165, 1.54) is 5.01 Å². The first-order chi connectivity index (χ1) is 9.67. The highest BCUT2D eigenvalue weighted by atomic mass is 32.1. The van der Waals surface area contributed by atoms with Crippen molar-refractivity contribution in [1.29, 1.82) is 0 Å². The molecule has 112 valence electrons. The highest BCUT2D eigenvalue weighted by Gasteiger charge is 2.17. The Bertz CT molecular complexity index is 436. The SMILES string of the molecule is CCCc1nc(CN2CCCN(CC(=O)O)CC2)cs1. The van der Waals surface area contributed by atoms with E-state index in [0.29, 0.717) is 0 Å². The molecule has 0 spiro atoms. The minimum absolute atomic E-state index is 0.158. The first-order valence-corrected chi connectivity index (χ1v) is 8.15. The van der Waals surface area contributed by atoms with Gasteiger partial charge in [0.2, 0.25) is 0 Å². The Labute approximate surface area is 124 Å². The third-order valence-corrected chi connectivity index (χ3v) is 4.45. The van der Waals surface area contributed by atoms with E-state index in [2.05, 4.69) is 22.2 Å². The second kappa shape index (κ2) is 7.71. The number of nitrogens with zero attached hydrogens (tertiary/aromatic N) is 3. The van der Waals surface area contributed by atoms with E-state index in [9.17, 15) is 4.79 Å². The van der Waals surface area contributed by atoms with Crippen molar-refractivity contribution in [2.75, 3.05) is 32.7 Å². The van der Waals surface area contributed by atoms with E-state index >= 15 is 0 Å². The van der Waals surface area contributed by atoms with Crippen LogP contribution in [0.4, 0.5) is 0 Å². The molecular weight excluding hydrogens is 274 g/mol. The molecule has 20 heavy (non-hydrogen) atoms. The maximum atomic E-state index is 10.8. The summed E-state index contributed by atoms with van der Waals surface area (Å²) in [5.74, 6) is -0.734. The molecule has 1 saturated heterocycles. The molecule has 1 aromatic rings. The maximum Gasteiger partial charge on any atom is 0.317 e. The number of aryl methyl sites for hydroxylation is 1. The molecule has 1 aliphatic rings. The highest BCUT2D eigenvalue weighted by molar-refractivity contribution is 7.09. The molecule has 1 fully saturated rings. The molecule has 2 rings (SSSR count). The van der Waals surface area contributed by atoms with Gasteiger partial charge in [-0.05, 0) is 25.8 Å². The molecule has 1 N–H and O–H groups in total. The van der Waals surface area contributed by atoms with E-state index in [4.69, 9.17) is 5.11 Å². The van der Waals surface area contributed by atoms with Gasteiger partial charge in [-0.15, -0.1) is 11.3 Å². The van der Waals surface area contributed by atoms with Crippen molar-refractivity contribution in [3.63, 3.8) is 0 Å². The predicted molar refractivity (Wildman–Crippen MR) is 80.1 cm³/mol. The van der Waals surface area contributed by atoms with Gasteiger partial charge in [-0.3, -0.25) is 14.6 Å². The lowest BCUT2D eigenvalue weighted by atomic mass is 10.3. The summed E-state index contributed by atoms with van der Waals surface area (Å²) in [4.78, 5) is 19.8. The maximum absolute atomic E-state index is 10.8. The van der Waals surface area contributed by atoms with Crippen LogP contribution < -0.4 is 0 Å². The molecule has 0 radical (unpaired) electrons. The second-order valence-electron chi connectivity index (χ2n) is 5.28. The first-order valence-electron chi connectivity index (χ1n) is 7.27. The van der Waals surface area contributed by atoms with Gasteiger partial charge >= 0.3 is 5.97 Å². The van der Waals surface area contributed by atoms with Gasteiger partial charge in [-0.2, -0.15) is 0 Å². The number of hydrogen-bond acceptors (Lipinski definition) is 5. The van der Waals surface area contributed by atoms with Crippen LogP contribution in [0.2, 0.25) is 0 Å². The minimum Gasteiger partial charge on any atom is -0.480 e. The van der Waals surface area contributed by atoms with Gasteiger partial charge in [0.05, 0.1) is 17.2 Å². The van der Waals surface area contributed by atoms with E-state index in [1.54, 1.807) is 11.3 Å². The summed E-state index contributed by atoms with van der Waals surface area (Å²) in [5, 5.41) is 12.2. The van der Waals surface area contributed by atoms with Crippen molar-refractivity contribution in [1.82, 2.24) is 14.8 Å². The molecule has 2 heterocycles. The smallest absolute Gasteiger partial charge is 0.317 e. The average Bonchev–Trinajstić information content (AvgIpc) is 2.71. The lowest BCUT2D eigenvalue weighted by molar-refractivity contribution is -0.138. The number of thiazole rings is 1. The van der Waals surface area contributed by atoms with Crippen LogP contribution in [-0.2, 0) is 17.8 Å². The van der Waals surface area contributed by atoms with Crippen molar-refractivity contribution < 1.29 is 9.90 Å². The van der Waals surface area contributed by atoms with Gasteiger partial charge in [-0.1, -0.05) is 6.92 Å². The number of carboxylic acid groups (broad SMARTS) is 1. The van der Waals surface area contributed by atoms with Gasteiger partial charge in [0, 0.05) is 31.6 Å². The van der Waals surface area contributed by atoms with Crippen molar-refractivity contribution >= 4 is 17.3 Å². The summed E-state index contributed by atoms with van der Waals surface area (Å²) < 4.78 is 0. The van der Waals surface area contributed by atoms with Crippen LogP contribution in [-0.4, -0.2) is 58.6 Å². The summed E-state index contributed by atoms with van der Waals surface area (Å²) in [6.07, 6.45) is 3.23. The average molecular weight is 297 g/mol. The largest absolute Gasteiger partial charge is 0.480 e. The fourth-order valence-corrected chi connectivity index (χ4v) is 3.40. The van der Waals surface area contributed by atoms with Gasteiger partial charge < -0.3 is 5.11 Å². The quantitative estimate of drug-likeness (QED) is 0.866. The van der Waals surface area contributed by atoms with Crippen LogP contribution in [0.1, 0.15) is 30.5 Å². The number of carboxylic acids is 1. The summed E-state index contributed by atoms with van der Waals surface area (Å²) in [6.45, 7) is 6.88. The van der Waals surface area contributed by atoms with E-state index < -0.39 is 5.97 Å². The zero-order chi connectivity index (χ0) is 14.4. The Kier molecular flexibility index (Phi) is 5.94. The van der Waals surface area contributed by atoms with E-state index in [1.807, 2.05) is 4.90 Å². The molecular formula is C14H23N3O2S. The van der Waals surface area contributed by atoms with Gasteiger partial charge in [0.25, 0.3) is 0 Å². The Hall–Kier alpha value is -0.980. The molecule has 5 nitrogen and oxygen atoms in total. The van der Waals surface area contributed by atoms with Gasteiger partial charge in [-0.25, -0.2) is 4.98 Å².